The molecule has 0 aliphatic carbocycles. The van der Waals surface area contributed by atoms with Gasteiger partial charge in [0.25, 0.3) is 0 Å². The Labute approximate surface area is 126 Å². The van der Waals surface area contributed by atoms with Gasteiger partial charge in [0.2, 0.25) is 5.69 Å². The summed E-state index contributed by atoms with van der Waals surface area (Å²) in [7, 11) is 0. The highest BCUT2D eigenvalue weighted by Gasteiger charge is 2.10. The van der Waals surface area contributed by atoms with Crippen molar-refractivity contribution in [3.05, 3.63) is 58.6 Å². The fraction of sp³-hybridized carbons (Fsp3) is 0.0667. The molecule has 100 valence electrons. The third-order valence-corrected chi connectivity index (χ3v) is 4.17. The van der Waals surface area contributed by atoms with Crippen molar-refractivity contribution in [1.82, 2.24) is 4.98 Å². The number of hydrogen-bond donors (Lipinski definition) is 1. The first kappa shape index (κ1) is 13.1. The van der Waals surface area contributed by atoms with Crippen LogP contribution in [0.3, 0.4) is 0 Å². The number of halogens is 1. The molecule has 2 aromatic heterocycles. The van der Waals surface area contributed by atoms with Gasteiger partial charge in [-0.05, 0) is 30.7 Å². The summed E-state index contributed by atoms with van der Waals surface area (Å²) in [5.41, 5.74) is 3.94. The van der Waals surface area contributed by atoms with Crippen LogP contribution < -0.4 is 10.3 Å². The lowest BCUT2D eigenvalue weighted by atomic mass is 10.2. The molecule has 0 aliphatic heterocycles. The molecule has 0 spiro atoms. The van der Waals surface area contributed by atoms with Gasteiger partial charge in [-0.3, -0.25) is 0 Å². The summed E-state index contributed by atoms with van der Waals surface area (Å²) in [6.07, 6.45) is 1.89. The number of benzene rings is 1. The molecular formula is C15H13ClN3S+. The number of pyridine rings is 1. The Morgan fingerprint density at radius 2 is 2.10 bits per heavy atom. The lowest BCUT2D eigenvalue weighted by Crippen LogP contribution is -2.04. The van der Waals surface area contributed by atoms with E-state index in [9.17, 15) is 0 Å². The van der Waals surface area contributed by atoms with Crippen LogP contribution in [0.5, 0.6) is 0 Å². The maximum atomic E-state index is 6.12. The van der Waals surface area contributed by atoms with Crippen molar-refractivity contribution in [2.24, 2.45) is 0 Å². The maximum absolute atomic E-state index is 6.12. The number of aromatic nitrogens is 2. The van der Waals surface area contributed by atoms with Gasteiger partial charge in [-0.2, -0.15) is 0 Å². The van der Waals surface area contributed by atoms with Gasteiger partial charge in [0.05, 0.1) is 0 Å². The Morgan fingerprint density at radius 3 is 2.90 bits per heavy atom. The van der Waals surface area contributed by atoms with Crippen LogP contribution in [0.4, 0.5) is 10.8 Å². The lowest BCUT2D eigenvalue weighted by molar-refractivity contribution is -0.364. The van der Waals surface area contributed by atoms with E-state index in [4.69, 9.17) is 11.6 Å². The average Bonchev–Trinajstić information content (AvgIpc) is 2.93. The molecule has 0 fully saturated rings. The van der Waals surface area contributed by atoms with Crippen molar-refractivity contribution in [2.45, 2.75) is 6.92 Å². The second-order valence-corrected chi connectivity index (χ2v) is 5.62. The summed E-state index contributed by atoms with van der Waals surface area (Å²) >= 11 is 7.69. The van der Waals surface area contributed by atoms with E-state index >= 15 is 0 Å². The van der Waals surface area contributed by atoms with Crippen LogP contribution in [0.1, 0.15) is 5.56 Å². The molecule has 0 unspecified atom stereocenters. The topological polar surface area (TPSA) is 39.1 Å². The molecule has 1 aromatic carbocycles. The largest absolute Gasteiger partial charge is 0.331 e. The third kappa shape index (κ3) is 2.66. The molecule has 3 nitrogen and oxygen atoms in total. The molecule has 0 aliphatic rings. The SMILES string of the molecule is Cc1c(Cl)cccc1Nc1nc(-c2cccc[nH+]2)cs1. The van der Waals surface area contributed by atoms with Crippen molar-refractivity contribution in [1.29, 1.82) is 0 Å². The smallest absolute Gasteiger partial charge is 0.230 e. The highest BCUT2D eigenvalue weighted by Crippen LogP contribution is 2.29. The Balaban J connectivity index is 1.86. The van der Waals surface area contributed by atoms with Gasteiger partial charge in [-0.15, -0.1) is 11.3 Å². The van der Waals surface area contributed by atoms with E-state index in [0.717, 1.165) is 32.8 Å². The Morgan fingerprint density at radius 1 is 1.20 bits per heavy atom. The van der Waals surface area contributed by atoms with E-state index in [2.05, 4.69) is 15.3 Å². The molecule has 0 bridgehead atoms. The van der Waals surface area contributed by atoms with E-state index in [1.165, 1.54) is 0 Å². The van der Waals surface area contributed by atoms with Crippen LogP contribution in [0, 0.1) is 6.92 Å². The minimum atomic E-state index is 0.753. The van der Waals surface area contributed by atoms with Crippen LogP contribution >= 0.6 is 22.9 Å². The number of nitrogens with one attached hydrogen (secondary N) is 2. The van der Waals surface area contributed by atoms with Crippen molar-refractivity contribution >= 4 is 33.8 Å². The molecule has 3 aromatic rings. The van der Waals surface area contributed by atoms with Crippen molar-refractivity contribution in [3.8, 4) is 11.4 Å². The van der Waals surface area contributed by atoms with Crippen molar-refractivity contribution in [2.75, 3.05) is 5.32 Å². The summed E-state index contributed by atoms with van der Waals surface area (Å²) in [6, 6.07) is 11.7. The molecule has 0 saturated carbocycles. The van der Waals surface area contributed by atoms with E-state index in [1.54, 1.807) is 11.3 Å². The minimum Gasteiger partial charge on any atom is -0.331 e. The lowest BCUT2D eigenvalue weighted by Gasteiger charge is -2.07. The average molecular weight is 303 g/mol. The first-order valence-electron chi connectivity index (χ1n) is 6.19. The fourth-order valence-corrected chi connectivity index (χ4v) is 2.76. The normalized spacial score (nSPS) is 10.5. The van der Waals surface area contributed by atoms with Gasteiger partial charge in [-0.1, -0.05) is 17.7 Å². The first-order valence-corrected chi connectivity index (χ1v) is 7.44. The van der Waals surface area contributed by atoms with E-state index < -0.39 is 0 Å². The van der Waals surface area contributed by atoms with Crippen LogP contribution in [-0.4, -0.2) is 4.98 Å². The molecule has 5 heteroatoms. The van der Waals surface area contributed by atoms with Crippen molar-refractivity contribution in [3.63, 3.8) is 0 Å². The minimum absolute atomic E-state index is 0.753. The van der Waals surface area contributed by atoms with Gasteiger partial charge in [-0.25, -0.2) is 9.97 Å². The summed E-state index contributed by atoms with van der Waals surface area (Å²) in [4.78, 5) is 7.76. The van der Waals surface area contributed by atoms with E-state index in [1.807, 2.05) is 54.9 Å². The molecule has 20 heavy (non-hydrogen) atoms. The Hall–Kier alpha value is -1.91. The highest BCUT2D eigenvalue weighted by molar-refractivity contribution is 7.14. The molecule has 0 amide bonds. The zero-order valence-electron chi connectivity index (χ0n) is 10.9. The monoisotopic (exact) mass is 302 g/mol. The molecule has 0 saturated heterocycles. The molecule has 2 heterocycles. The predicted octanol–water partition coefficient (Wildman–Crippen LogP) is 4.33. The Bertz CT molecular complexity index is 725. The van der Waals surface area contributed by atoms with E-state index in [-0.39, 0.29) is 0 Å². The molecule has 0 atom stereocenters. The van der Waals surface area contributed by atoms with Crippen LogP contribution in [0.2, 0.25) is 5.02 Å². The van der Waals surface area contributed by atoms with Gasteiger partial charge in [0, 0.05) is 28.2 Å². The third-order valence-electron chi connectivity index (χ3n) is 3.00. The molecule has 2 N–H and O–H groups in total. The molecule has 0 radical (unpaired) electrons. The first-order chi connectivity index (χ1) is 9.74. The standard InChI is InChI=1S/C15H12ClN3S/c1-10-11(16)5-4-7-12(10)18-15-19-14(9-20-15)13-6-2-3-8-17-13/h2-9H,1H3,(H,18,19)/p+1. The summed E-state index contributed by atoms with van der Waals surface area (Å²) in [6.45, 7) is 1.99. The fourth-order valence-electron chi connectivity index (χ4n) is 1.87. The van der Waals surface area contributed by atoms with Crippen LogP contribution in [-0.2, 0) is 0 Å². The highest BCUT2D eigenvalue weighted by atomic mass is 35.5. The molecule has 3 rings (SSSR count). The Kier molecular flexibility index (Phi) is 3.67. The predicted molar refractivity (Wildman–Crippen MR) is 83.6 cm³/mol. The number of rotatable bonds is 3. The zero-order valence-corrected chi connectivity index (χ0v) is 12.4. The van der Waals surface area contributed by atoms with Gasteiger partial charge < -0.3 is 5.32 Å². The zero-order chi connectivity index (χ0) is 13.9. The number of thiazole rings is 1. The number of nitrogens with zero attached hydrogens (tertiary/aromatic N) is 1. The van der Waals surface area contributed by atoms with Gasteiger partial charge in [0.15, 0.2) is 11.3 Å². The second kappa shape index (κ2) is 5.61. The number of hydrogen-bond acceptors (Lipinski definition) is 3. The van der Waals surface area contributed by atoms with Crippen LogP contribution in [0.25, 0.3) is 11.4 Å². The van der Waals surface area contributed by atoms with Gasteiger partial charge in [0.1, 0.15) is 5.69 Å². The van der Waals surface area contributed by atoms with E-state index in [0.29, 0.717) is 0 Å². The quantitative estimate of drug-likeness (QED) is 0.782. The second-order valence-electron chi connectivity index (χ2n) is 4.35. The summed E-state index contributed by atoms with van der Waals surface area (Å²) < 4.78 is 0. The summed E-state index contributed by atoms with van der Waals surface area (Å²) in [5.74, 6) is 0. The molecular weight excluding hydrogens is 290 g/mol. The summed E-state index contributed by atoms with van der Waals surface area (Å²) in [5, 5.41) is 6.94. The number of anilines is 2. The number of H-pyrrole nitrogens is 1. The number of aromatic amines is 1. The van der Waals surface area contributed by atoms with Crippen LogP contribution in [0.15, 0.2) is 48.0 Å². The van der Waals surface area contributed by atoms with Crippen molar-refractivity contribution < 1.29 is 4.98 Å². The van der Waals surface area contributed by atoms with Gasteiger partial charge >= 0.3 is 0 Å². The maximum Gasteiger partial charge on any atom is 0.230 e.